The number of rotatable bonds is 10. The summed E-state index contributed by atoms with van der Waals surface area (Å²) in [4.78, 5) is 17.2. The van der Waals surface area contributed by atoms with E-state index < -0.39 is 17.7 Å². The molecule has 2 aromatic carbocycles. The average molecular weight is 598 g/mol. The summed E-state index contributed by atoms with van der Waals surface area (Å²) in [5, 5.41) is 9.18. The van der Waals surface area contributed by atoms with E-state index in [1.54, 1.807) is 24.0 Å². The third-order valence-corrected chi connectivity index (χ3v) is 6.89. The van der Waals surface area contributed by atoms with Gasteiger partial charge >= 0.3 is 12.1 Å². The van der Waals surface area contributed by atoms with E-state index in [0.29, 0.717) is 37.6 Å². The van der Waals surface area contributed by atoms with Crippen molar-refractivity contribution < 1.29 is 32.2 Å². The van der Waals surface area contributed by atoms with Crippen LogP contribution in [0.25, 0.3) is 0 Å². The molecule has 4 rings (SSSR count). The third-order valence-electron chi connectivity index (χ3n) is 6.89. The molecule has 230 valence electrons. The molecule has 0 fully saturated rings. The molecule has 0 atom stereocenters. The summed E-state index contributed by atoms with van der Waals surface area (Å²) in [5.41, 5.74) is 8.61. The molecule has 7 nitrogen and oxygen atoms in total. The summed E-state index contributed by atoms with van der Waals surface area (Å²) < 4.78 is 52.7. The van der Waals surface area contributed by atoms with Crippen molar-refractivity contribution in [2.45, 2.75) is 59.2 Å². The number of benzene rings is 2. The van der Waals surface area contributed by atoms with Gasteiger partial charge in [0.1, 0.15) is 11.5 Å². The minimum atomic E-state index is -4.53. The second-order valence-electron chi connectivity index (χ2n) is 10.0. The van der Waals surface area contributed by atoms with Crippen molar-refractivity contribution in [3.8, 4) is 5.75 Å². The van der Waals surface area contributed by atoms with E-state index in [9.17, 15) is 23.1 Å². The third kappa shape index (κ3) is 9.26. The summed E-state index contributed by atoms with van der Waals surface area (Å²) >= 11 is 0. The Morgan fingerprint density at radius 1 is 1.16 bits per heavy atom. The van der Waals surface area contributed by atoms with Gasteiger partial charge in [0.05, 0.1) is 23.6 Å². The Morgan fingerprint density at radius 3 is 2.56 bits per heavy atom. The van der Waals surface area contributed by atoms with Crippen molar-refractivity contribution in [3.63, 3.8) is 0 Å². The summed E-state index contributed by atoms with van der Waals surface area (Å²) in [6, 6.07) is 7.20. The number of aryl methyl sites for hydroxylation is 3. The van der Waals surface area contributed by atoms with Crippen LogP contribution in [-0.2, 0) is 36.8 Å². The molecule has 0 radical (unpaired) electrons. The zero-order chi connectivity index (χ0) is 31.6. The largest absolute Gasteiger partial charge is 0.493 e. The number of nitrogens with zero attached hydrogens (tertiary/aromatic N) is 2. The molecule has 10 heteroatoms. The molecule has 0 amide bonds. The van der Waals surface area contributed by atoms with Gasteiger partial charge in [-0.2, -0.15) is 13.2 Å². The molecule has 2 heterocycles. The lowest BCUT2D eigenvalue weighted by Crippen LogP contribution is -2.33. The standard InChI is InChI=1S/C26H28F3N3O4.C7H10/c1-15-22(31-16(2)36-15)10-12-35-24-7-3-17(4-8-25(33)34)20-14-32(11-9-19(20)24)23-13-18(30)5-6-21(23)26(27,28)29;1-3-5-7-6-4-2/h3,5-7,13H,4,8-12,14,30H2,1-2H3,(H,33,34);3-7H,1H2,2H3/b;6-4-,7-5-. The molecule has 0 unspecified atom stereocenters. The number of carboxylic acids is 1. The van der Waals surface area contributed by atoms with Crippen LogP contribution in [-0.4, -0.2) is 29.2 Å². The number of fused-ring (bicyclic) bond motifs is 1. The number of aromatic nitrogens is 1. The normalized spacial score (nSPS) is 13.1. The quantitative estimate of drug-likeness (QED) is 0.186. The van der Waals surface area contributed by atoms with Gasteiger partial charge in [0.2, 0.25) is 0 Å². The maximum atomic E-state index is 13.7. The fourth-order valence-corrected chi connectivity index (χ4v) is 4.89. The summed E-state index contributed by atoms with van der Waals surface area (Å²) in [6.07, 6.45) is 6.16. The Kier molecular flexibility index (Phi) is 11.6. The van der Waals surface area contributed by atoms with Crippen LogP contribution in [0.1, 0.15) is 52.9 Å². The highest BCUT2D eigenvalue weighted by molar-refractivity contribution is 5.68. The van der Waals surface area contributed by atoms with Gasteiger partial charge in [0.25, 0.3) is 0 Å². The topological polar surface area (TPSA) is 102 Å². The van der Waals surface area contributed by atoms with E-state index in [4.69, 9.17) is 14.9 Å². The fourth-order valence-electron chi connectivity index (χ4n) is 4.89. The smallest absolute Gasteiger partial charge is 0.418 e. The number of hydrogen-bond donors (Lipinski definition) is 2. The van der Waals surface area contributed by atoms with Crippen LogP contribution in [0.15, 0.2) is 71.7 Å². The van der Waals surface area contributed by atoms with Crippen molar-refractivity contribution in [2.24, 2.45) is 0 Å². The predicted molar refractivity (Wildman–Crippen MR) is 162 cm³/mol. The van der Waals surface area contributed by atoms with Crippen molar-refractivity contribution in [1.82, 2.24) is 4.98 Å². The number of nitrogen functional groups attached to an aromatic ring is 1. The Hall–Kier alpha value is -4.47. The molecule has 0 bridgehead atoms. The molecule has 3 N–H and O–H groups in total. The number of aliphatic carboxylic acids is 1. The fraction of sp³-hybridized carbons (Fsp3) is 0.333. The highest BCUT2D eigenvalue weighted by Gasteiger charge is 2.36. The molecule has 1 aliphatic rings. The number of carbonyl (C=O) groups is 1. The molecular formula is C33H38F3N3O4. The van der Waals surface area contributed by atoms with Gasteiger partial charge in [-0.3, -0.25) is 4.79 Å². The summed E-state index contributed by atoms with van der Waals surface area (Å²) in [5.74, 6) is 1.03. The molecule has 0 saturated heterocycles. The molecule has 1 aromatic heterocycles. The maximum absolute atomic E-state index is 13.7. The number of alkyl halides is 3. The van der Waals surface area contributed by atoms with Crippen molar-refractivity contribution in [3.05, 3.63) is 107 Å². The maximum Gasteiger partial charge on any atom is 0.418 e. The molecule has 43 heavy (non-hydrogen) atoms. The number of oxazole rings is 1. The van der Waals surface area contributed by atoms with Gasteiger partial charge < -0.3 is 24.9 Å². The number of allylic oxidation sites excluding steroid dienone is 5. The molecule has 0 saturated carbocycles. The number of nitrogens with two attached hydrogens (primary N) is 1. The second kappa shape index (κ2) is 15.1. The van der Waals surface area contributed by atoms with Gasteiger partial charge in [-0.05, 0) is 62.1 Å². The highest BCUT2D eigenvalue weighted by atomic mass is 19.4. The van der Waals surface area contributed by atoms with Gasteiger partial charge in [0, 0.05) is 44.1 Å². The monoisotopic (exact) mass is 597 g/mol. The van der Waals surface area contributed by atoms with E-state index in [1.807, 2.05) is 44.2 Å². The van der Waals surface area contributed by atoms with E-state index in [2.05, 4.69) is 11.6 Å². The van der Waals surface area contributed by atoms with Crippen molar-refractivity contribution >= 4 is 17.3 Å². The van der Waals surface area contributed by atoms with E-state index in [-0.39, 0.29) is 30.8 Å². The van der Waals surface area contributed by atoms with Crippen LogP contribution in [0.3, 0.4) is 0 Å². The SMILES string of the molecule is C=C/C=C\C=C/C.Cc1nc(CCOc2ccc(CCC(=O)O)c3c2CCN(c2cc(N)ccc2C(F)(F)F)C3)c(C)o1. The first-order chi connectivity index (χ1) is 20.4. The average Bonchev–Trinajstić information content (AvgIpc) is 3.28. The number of anilines is 2. The lowest BCUT2D eigenvalue weighted by atomic mass is 9.91. The van der Waals surface area contributed by atoms with E-state index in [0.717, 1.165) is 34.2 Å². The van der Waals surface area contributed by atoms with Crippen LogP contribution in [0.5, 0.6) is 5.75 Å². The number of hydrogen-bond acceptors (Lipinski definition) is 6. The molecule has 0 aliphatic carbocycles. The zero-order valence-corrected chi connectivity index (χ0v) is 24.7. The minimum Gasteiger partial charge on any atom is -0.493 e. The highest BCUT2D eigenvalue weighted by Crippen LogP contribution is 2.41. The Balaban J connectivity index is 0.000000646. The Labute approximate surface area is 250 Å². The number of carboxylic acid groups (broad SMARTS) is 1. The van der Waals surface area contributed by atoms with Gasteiger partial charge in [0.15, 0.2) is 5.89 Å². The zero-order valence-electron chi connectivity index (χ0n) is 24.7. The van der Waals surface area contributed by atoms with E-state index in [1.165, 1.54) is 12.1 Å². The first kappa shape index (κ1) is 33.0. The lowest BCUT2D eigenvalue weighted by Gasteiger charge is -2.34. The Morgan fingerprint density at radius 2 is 1.93 bits per heavy atom. The van der Waals surface area contributed by atoms with Crippen LogP contribution >= 0.6 is 0 Å². The van der Waals surface area contributed by atoms with Crippen LogP contribution in [0, 0.1) is 13.8 Å². The molecule has 0 spiro atoms. The number of halogens is 3. The lowest BCUT2D eigenvalue weighted by molar-refractivity contribution is -0.138. The van der Waals surface area contributed by atoms with Gasteiger partial charge in [-0.1, -0.05) is 43.0 Å². The minimum absolute atomic E-state index is 0.0144. The van der Waals surface area contributed by atoms with Crippen LogP contribution in [0.4, 0.5) is 24.5 Å². The van der Waals surface area contributed by atoms with Gasteiger partial charge in [-0.25, -0.2) is 4.98 Å². The first-order valence-corrected chi connectivity index (χ1v) is 14.0. The van der Waals surface area contributed by atoms with Crippen molar-refractivity contribution in [1.29, 1.82) is 0 Å². The predicted octanol–water partition coefficient (Wildman–Crippen LogP) is 7.40. The van der Waals surface area contributed by atoms with Gasteiger partial charge in [-0.15, -0.1) is 0 Å². The number of ether oxygens (including phenoxy) is 1. The van der Waals surface area contributed by atoms with Crippen LogP contribution in [0.2, 0.25) is 0 Å². The van der Waals surface area contributed by atoms with Crippen molar-refractivity contribution in [2.75, 3.05) is 23.8 Å². The van der Waals surface area contributed by atoms with Crippen LogP contribution < -0.4 is 15.4 Å². The second-order valence-corrected chi connectivity index (χ2v) is 10.0. The summed E-state index contributed by atoms with van der Waals surface area (Å²) in [6.45, 7) is 9.99. The molecule has 3 aromatic rings. The Bertz CT molecular complexity index is 1470. The molecular weight excluding hydrogens is 559 g/mol. The molecule has 1 aliphatic heterocycles. The van der Waals surface area contributed by atoms with E-state index >= 15 is 0 Å². The summed E-state index contributed by atoms with van der Waals surface area (Å²) in [7, 11) is 0. The first-order valence-electron chi connectivity index (χ1n) is 14.0.